The number of hydrogen-bond acceptors (Lipinski definition) is 14. The molecular formula is C20H23F2N8O8P2S+. The zero-order valence-corrected chi connectivity index (χ0v) is 23.3. The second-order valence-electron chi connectivity index (χ2n) is 9.49. The van der Waals surface area contributed by atoms with Crippen molar-refractivity contribution >= 4 is 49.7 Å². The quantitative estimate of drug-likeness (QED) is 0.299. The summed E-state index contributed by atoms with van der Waals surface area (Å²) in [7, 11) is -2.94. The second kappa shape index (κ2) is 11.2. The molecule has 5 N–H and O–H groups in total. The normalized spacial score (nSPS) is 37.2. The summed E-state index contributed by atoms with van der Waals surface area (Å²) >= 11 is 5.17. The minimum atomic E-state index is -4.19. The molecule has 0 spiro atoms. The number of nitrogen functional groups attached to an aromatic ring is 1. The van der Waals surface area contributed by atoms with Gasteiger partial charge in [-0.3, -0.25) is 18.9 Å². The number of ether oxygens (including phenoxy) is 1. The van der Waals surface area contributed by atoms with Gasteiger partial charge in [-0.2, -0.15) is 4.98 Å². The van der Waals surface area contributed by atoms with Crippen molar-refractivity contribution in [3.05, 3.63) is 35.3 Å². The zero-order valence-electron chi connectivity index (χ0n) is 20.7. The van der Waals surface area contributed by atoms with E-state index in [2.05, 4.69) is 30.2 Å². The average molecular weight is 635 g/mol. The van der Waals surface area contributed by atoms with Gasteiger partial charge in [-0.05, 0) is 24.3 Å². The molecule has 220 valence electrons. The van der Waals surface area contributed by atoms with Crippen LogP contribution in [0.4, 0.5) is 20.5 Å². The van der Waals surface area contributed by atoms with E-state index in [1.54, 1.807) is 6.07 Å². The van der Waals surface area contributed by atoms with E-state index in [0.717, 1.165) is 6.33 Å². The number of nitrogens with one attached hydrogen (secondary N) is 2. The molecule has 41 heavy (non-hydrogen) atoms. The Hall–Kier alpha value is -2.60. The Morgan fingerprint density at radius 3 is 2.88 bits per heavy atom. The summed E-state index contributed by atoms with van der Waals surface area (Å²) in [6, 6.07) is 0.723. The summed E-state index contributed by atoms with van der Waals surface area (Å²) in [4.78, 5) is 41.3. The van der Waals surface area contributed by atoms with E-state index in [9.17, 15) is 14.3 Å². The Morgan fingerprint density at radius 2 is 2.10 bits per heavy atom. The lowest BCUT2D eigenvalue weighted by atomic mass is 10.1. The molecule has 5 heterocycles. The van der Waals surface area contributed by atoms with Crippen LogP contribution in [0.25, 0.3) is 11.2 Å². The van der Waals surface area contributed by atoms with Crippen molar-refractivity contribution in [3.63, 3.8) is 0 Å². The number of hydrogen-bond donors (Lipinski definition) is 4. The van der Waals surface area contributed by atoms with Crippen molar-refractivity contribution in [2.24, 2.45) is 5.92 Å². The third-order valence-electron chi connectivity index (χ3n) is 6.88. The van der Waals surface area contributed by atoms with E-state index in [1.165, 1.54) is 17.1 Å². The minimum absolute atomic E-state index is 0.0497. The maximum atomic E-state index is 15.7. The molecule has 0 amide bonds. The van der Waals surface area contributed by atoms with Crippen molar-refractivity contribution in [2.75, 3.05) is 24.3 Å². The number of H-pyrrole nitrogens is 1. The molecule has 3 fully saturated rings. The van der Waals surface area contributed by atoms with E-state index in [4.69, 9.17) is 40.4 Å². The van der Waals surface area contributed by atoms with E-state index >= 15 is 8.78 Å². The summed E-state index contributed by atoms with van der Waals surface area (Å²) in [5, 5.41) is 2.94. The molecule has 0 radical (unpaired) electrons. The molecule has 0 aromatic carbocycles. The molecule has 2 saturated heterocycles. The molecule has 2 bridgehead atoms. The van der Waals surface area contributed by atoms with Gasteiger partial charge in [-0.25, -0.2) is 23.7 Å². The van der Waals surface area contributed by atoms with Crippen LogP contribution in [-0.2, 0) is 39.2 Å². The monoisotopic (exact) mass is 635 g/mol. The number of anilines is 2. The van der Waals surface area contributed by atoms with Gasteiger partial charge in [0.1, 0.15) is 31.0 Å². The van der Waals surface area contributed by atoms with Gasteiger partial charge in [0, 0.05) is 16.7 Å². The predicted octanol–water partition coefficient (Wildman–Crippen LogP) is 1.26. The predicted molar refractivity (Wildman–Crippen MR) is 140 cm³/mol. The van der Waals surface area contributed by atoms with Crippen molar-refractivity contribution in [1.29, 1.82) is 0 Å². The number of nitrogens with zero attached hydrogens (tertiary/aromatic N) is 5. The van der Waals surface area contributed by atoms with E-state index < -0.39 is 76.0 Å². The van der Waals surface area contributed by atoms with Crippen LogP contribution in [0.15, 0.2) is 29.7 Å². The number of rotatable bonds is 3. The van der Waals surface area contributed by atoms with E-state index in [1.807, 2.05) is 0 Å². The highest BCUT2D eigenvalue weighted by molar-refractivity contribution is 8.07. The van der Waals surface area contributed by atoms with Gasteiger partial charge in [0.15, 0.2) is 35.8 Å². The van der Waals surface area contributed by atoms with Crippen LogP contribution in [0.3, 0.4) is 0 Å². The van der Waals surface area contributed by atoms with Crippen molar-refractivity contribution < 1.29 is 41.1 Å². The van der Waals surface area contributed by atoms with Gasteiger partial charge in [-0.15, -0.1) is 9.05 Å². The fourth-order valence-electron chi connectivity index (χ4n) is 5.02. The number of halogens is 2. The van der Waals surface area contributed by atoms with Crippen LogP contribution < -0.4 is 16.6 Å². The number of imidazole rings is 1. The van der Waals surface area contributed by atoms with Gasteiger partial charge in [0.25, 0.3) is 5.56 Å². The Kier molecular flexibility index (Phi) is 7.82. The molecule has 21 heteroatoms. The lowest BCUT2D eigenvalue weighted by Crippen LogP contribution is -2.33. The summed E-state index contributed by atoms with van der Waals surface area (Å²) < 4.78 is 72.6. The molecule has 16 nitrogen and oxygen atoms in total. The first kappa shape index (κ1) is 28.5. The summed E-state index contributed by atoms with van der Waals surface area (Å²) in [5.74, 6) is -0.627. The number of fused-ring (bicyclic) bond motifs is 4. The van der Waals surface area contributed by atoms with Gasteiger partial charge in [0.05, 0.1) is 19.0 Å². The number of aromatic nitrogens is 6. The van der Waals surface area contributed by atoms with Crippen LogP contribution in [0.2, 0.25) is 0 Å². The topological polar surface area (TPSA) is 211 Å². The van der Waals surface area contributed by atoms with Crippen molar-refractivity contribution in [1.82, 2.24) is 29.5 Å². The highest BCUT2D eigenvalue weighted by Crippen LogP contribution is 2.52. The van der Waals surface area contributed by atoms with Crippen molar-refractivity contribution in [2.45, 2.75) is 49.3 Å². The molecule has 6 rings (SSSR count). The van der Waals surface area contributed by atoms with Gasteiger partial charge in [0.2, 0.25) is 5.95 Å². The van der Waals surface area contributed by atoms with Gasteiger partial charge < -0.3 is 25.2 Å². The molecule has 1 saturated carbocycles. The Morgan fingerprint density at radius 1 is 1.27 bits per heavy atom. The summed E-state index contributed by atoms with van der Waals surface area (Å²) in [6.45, 7) is -5.16. The first-order valence-corrected chi connectivity index (χ1v) is 15.9. The maximum absolute atomic E-state index is 15.7. The first-order chi connectivity index (χ1) is 19.6. The standard InChI is InChI=1S/C20H22F2N8O8P2S/c21-12-9(27-11-1-2-24-6-25-11)3-8-4-35-40(33,41)38-16-13(22)10(5-34-39(32)37-15(8)12)36-19(16)30-7-26-14-17(30)28-20(23)29-18(14)31/h1-2,6-10,12-13,15-16,19H,3-5H2,(H4-,23,24,25,27,28,29,31,33,41)/p+1/t8-,9-,10-,12+,13-,15-,16-,19-,40?/m1/s1. The second-order valence-corrected chi connectivity index (χ2v) is 13.2. The van der Waals surface area contributed by atoms with Crippen LogP contribution >= 0.6 is 15.0 Å². The summed E-state index contributed by atoms with van der Waals surface area (Å²) in [6.07, 6.45) is -5.30. The van der Waals surface area contributed by atoms with Gasteiger partial charge in [-0.1, -0.05) is 0 Å². The van der Waals surface area contributed by atoms with Gasteiger partial charge >= 0.3 is 15.0 Å². The Balaban J connectivity index is 1.27. The molecule has 1 aliphatic carbocycles. The van der Waals surface area contributed by atoms with Crippen LogP contribution in [-0.4, -0.2) is 84.3 Å². The van der Waals surface area contributed by atoms with Crippen LogP contribution in [0, 0.1) is 5.92 Å². The third-order valence-corrected chi connectivity index (χ3v) is 9.22. The average Bonchev–Trinajstić information content (AvgIpc) is 3.57. The number of nitrogens with two attached hydrogens (primary N) is 1. The third kappa shape index (κ3) is 5.74. The Labute approximate surface area is 235 Å². The molecule has 2 aliphatic heterocycles. The van der Waals surface area contributed by atoms with E-state index in [-0.39, 0.29) is 30.1 Å². The first-order valence-electron chi connectivity index (χ1n) is 12.2. The molecule has 3 aliphatic rings. The fraction of sp³-hybridized carbons (Fsp3) is 0.550. The Bertz CT molecular complexity index is 1550. The number of alkyl halides is 2. The number of aromatic amines is 1. The molecule has 10 atom stereocenters. The lowest BCUT2D eigenvalue weighted by Gasteiger charge is -2.26. The van der Waals surface area contributed by atoms with Crippen molar-refractivity contribution in [3.8, 4) is 0 Å². The molecule has 3 aromatic rings. The summed E-state index contributed by atoms with van der Waals surface area (Å²) in [5.41, 5.74) is 4.86. The molecular weight excluding hydrogens is 612 g/mol. The maximum Gasteiger partial charge on any atom is 0.697 e. The largest absolute Gasteiger partial charge is 0.697 e. The highest BCUT2D eigenvalue weighted by Gasteiger charge is 2.54. The molecule has 3 aromatic heterocycles. The highest BCUT2D eigenvalue weighted by atomic mass is 32.5. The smallest absolute Gasteiger partial charge is 0.369 e. The molecule has 2 unspecified atom stereocenters. The lowest BCUT2D eigenvalue weighted by molar-refractivity contribution is -0.0488. The fourth-order valence-corrected chi connectivity index (χ4v) is 7.29. The van der Waals surface area contributed by atoms with E-state index in [0.29, 0.717) is 5.82 Å². The minimum Gasteiger partial charge on any atom is -0.369 e. The van der Waals surface area contributed by atoms with Crippen LogP contribution in [0.1, 0.15) is 12.6 Å². The SMILES string of the molecule is Nc1nc2c(ncn2[C@@H]2O[C@@H]3CO[P+](=O)O[C@@H]4[C@@H](COP(O)(=S)O[C@@H]2[C@@H]3F)C[C@@H](Nc2ccncn2)[C@@H]4F)c(=O)[nH]1. The zero-order chi connectivity index (χ0) is 28.9. The van der Waals surface area contributed by atoms with Crippen LogP contribution in [0.5, 0.6) is 0 Å².